The molecule has 122 valence electrons. The normalized spacial score (nSPS) is 13.7. The van der Waals surface area contributed by atoms with Gasteiger partial charge in [-0.2, -0.15) is 0 Å². The van der Waals surface area contributed by atoms with Crippen LogP contribution in [0.25, 0.3) is 0 Å². The molecule has 2 N–H and O–H groups in total. The molecule has 20 heavy (non-hydrogen) atoms. The van der Waals surface area contributed by atoms with Crippen molar-refractivity contribution in [2.75, 3.05) is 13.1 Å². The molecule has 2 nitrogen and oxygen atoms in total. The molecule has 0 aromatic heterocycles. The van der Waals surface area contributed by atoms with E-state index in [1.165, 1.54) is 57.8 Å². The Morgan fingerprint density at radius 3 is 1.95 bits per heavy atom. The maximum absolute atomic E-state index is 3.76. The quantitative estimate of drug-likeness (QED) is 0.444. The summed E-state index contributed by atoms with van der Waals surface area (Å²) in [5.74, 6) is 0. The number of hydrogen-bond acceptors (Lipinski definition) is 2. The fraction of sp³-hybridized carbons (Fsp3) is 1.00. The fourth-order valence-electron chi connectivity index (χ4n) is 2.74. The van der Waals surface area contributed by atoms with Crippen LogP contribution >= 0.6 is 0 Å². The van der Waals surface area contributed by atoms with Gasteiger partial charge in [0.2, 0.25) is 0 Å². The number of hydrogen-bond donors (Lipinski definition) is 2. The molecule has 1 atom stereocenters. The van der Waals surface area contributed by atoms with E-state index < -0.39 is 0 Å². The van der Waals surface area contributed by atoms with Crippen LogP contribution in [0, 0.1) is 0 Å². The molecule has 0 rings (SSSR count). The second kappa shape index (κ2) is 12.6. The van der Waals surface area contributed by atoms with Crippen LogP contribution in [0.1, 0.15) is 92.4 Å². The van der Waals surface area contributed by atoms with Crippen molar-refractivity contribution in [3.8, 4) is 0 Å². The monoisotopic (exact) mass is 284 g/mol. The first-order valence-electron chi connectivity index (χ1n) is 9.06. The van der Waals surface area contributed by atoms with Gasteiger partial charge in [-0.05, 0) is 46.2 Å². The molecule has 0 aromatic carbocycles. The van der Waals surface area contributed by atoms with Crippen LogP contribution < -0.4 is 10.6 Å². The molecule has 0 aliphatic heterocycles. The van der Waals surface area contributed by atoms with Gasteiger partial charge in [0.1, 0.15) is 0 Å². The Bertz CT molecular complexity index is 202. The first-order valence-corrected chi connectivity index (χ1v) is 9.06. The molecule has 0 aromatic rings. The Kier molecular flexibility index (Phi) is 12.6. The molecule has 0 saturated carbocycles. The third-order valence-corrected chi connectivity index (χ3v) is 4.19. The Morgan fingerprint density at radius 1 is 0.750 bits per heavy atom. The molecule has 0 aliphatic carbocycles. The summed E-state index contributed by atoms with van der Waals surface area (Å²) < 4.78 is 0. The molecule has 0 heterocycles. The van der Waals surface area contributed by atoms with E-state index in [4.69, 9.17) is 0 Å². The lowest BCUT2D eigenvalue weighted by Crippen LogP contribution is -2.56. The van der Waals surface area contributed by atoms with Crippen molar-refractivity contribution in [3.05, 3.63) is 0 Å². The van der Waals surface area contributed by atoms with Crippen molar-refractivity contribution >= 4 is 0 Å². The number of nitrogens with one attached hydrogen (secondary N) is 2. The highest BCUT2D eigenvalue weighted by Gasteiger charge is 2.27. The third-order valence-electron chi connectivity index (χ3n) is 4.19. The summed E-state index contributed by atoms with van der Waals surface area (Å²) in [4.78, 5) is 0. The highest BCUT2D eigenvalue weighted by molar-refractivity contribution is 4.91. The third kappa shape index (κ3) is 9.77. The molecule has 0 spiro atoms. The minimum Gasteiger partial charge on any atom is -0.312 e. The van der Waals surface area contributed by atoms with Gasteiger partial charge in [0.15, 0.2) is 0 Å². The predicted molar refractivity (Wildman–Crippen MR) is 92.4 cm³/mol. The van der Waals surface area contributed by atoms with E-state index in [9.17, 15) is 0 Å². The average Bonchev–Trinajstić information content (AvgIpc) is 2.43. The van der Waals surface area contributed by atoms with Crippen LogP contribution in [-0.2, 0) is 0 Å². The molecule has 2 heteroatoms. The van der Waals surface area contributed by atoms with Gasteiger partial charge in [-0.15, -0.1) is 0 Å². The second-order valence-corrected chi connectivity index (χ2v) is 6.71. The Morgan fingerprint density at radius 2 is 1.35 bits per heavy atom. The standard InChI is InChI=1S/C18H40N2/c1-6-9-10-11-12-13-14-17(19-15-7-2)18(4,5)20-16-8-3/h17,19-20H,6-16H2,1-5H3. The van der Waals surface area contributed by atoms with Gasteiger partial charge in [-0.3, -0.25) is 0 Å². The summed E-state index contributed by atoms with van der Waals surface area (Å²) in [7, 11) is 0. The van der Waals surface area contributed by atoms with Crippen LogP contribution in [0.2, 0.25) is 0 Å². The van der Waals surface area contributed by atoms with Crippen LogP contribution in [0.15, 0.2) is 0 Å². The second-order valence-electron chi connectivity index (χ2n) is 6.71. The Balaban J connectivity index is 4.06. The zero-order valence-electron chi connectivity index (χ0n) is 14.9. The minimum absolute atomic E-state index is 0.203. The highest BCUT2D eigenvalue weighted by Crippen LogP contribution is 2.17. The van der Waals surface area contributed by atoms with Crippen molar-refractivity contribution in [1.29, 1.82) is 0 Å². The molecular weight excluding hydrogens is 244 g/mol. The predicted octanol–water partition coefficient (Wildman–Crippen LogP) is 4.88. The average molecular weight is 285 g/mol. The van der Waals surface area contributed by atoms with Crippen molar-refractivity contribution in [1.82, 2.24) is 10.6 Å². The molecule has 0 aliphatic rings. The Hall–Kier alpha value is -0.0800. The lowest BCUT2D eigenvalue weighted by Gasteiger charge is -2.36. The van der Waals surface area contributed by atoms with E-state index in [-0.39, 0.29) is 5.54 Å². The fourth-order valence-corrected chi connectivity index (χ4v) is 2.74. The van der Waals surface area contributed by atoms with Crippen molar-refractivity contribution in [2.24, 2.45) is 0 Å². The van der Waals surface area contributed by atoms with E-state index in [2.05, 4.69) is 45.3 Å². The Labute approximate surface area is 128 Å². The van der Waals surface area contributed by atoms with Gasteiger partial charge < -0.3 is 10.6 Å². The smallest absolute Gasteiger partial charge is 0.0278 e. The molecule has 0 amide bonds. The summed E-state index contributed by atoms with van der Waals surface area (Å²) >= 11 is 0. The maximum Gasteiger partial charge on any atom is 0.0278 e. The van der Waals surface area contributed by atoms with Gasteiger partial charge in [0.25, 0.3) is 0 Å². The van der Waals surface area contributed by atoms with Gasteiger partial charge in [0, 0.05) is 11.6 Å². The van der Waals surface area contributed by atoms with Crippen molar-refractivity contribution < 1.29 is 0 Å². The number of rotatable bonds is 14. The summed E-state index contributed by atoms with van der Waals surface area (Å²) in [6, 6.07) is 0.597. The summed E-state index contributed by atoms with van der Waals surface area (Å²) in [6.45, 7) is 13.7. The van der Waals surface area contributed by atoms with E-state index in [1.807, 2.05) is 0 Å². The lowest BCUT2D eigenvalue weighted by atomic mass is 9.89. The van der Waals surface area contributed by atoms with E-state index in [1.54, 1.807) is 0 Å². The first-order chi connectivity index (χ1) is 9.58. The maximum atomic E-state index is 3.76. The van der Waals surface area contributed by atoms with Gasteiger partial charge in [-0.25, -0.2) is 0 Å². The molecule has 1 unspecified atom stereocenters. The summed E-state index contributed by atoms with van der Waals surface area (Å²) in [5, 5.41) is 7.47. The highest BCUT2D eigenvalue weighted by atomic mass is 15.1. The van der Waals surface area contributed by atoms with Crippen LogP contribution in [-0.4, -0.2) is 24.7 Å². The van der Waals surface area contributed by atoms with Gasteiger partial charge >= 0.3 is 0 Å². The molecule has 0 radical (unpaired) electrons. The molecule has 0 fully saturated rings. The zero-order chi connectivity index (χ0) is 15.3. The number of unbranched alkanes of at least 4 members (excludes halogenated alkanes) is 5. The van der Waals surface area contributed by atoms with Gasteiger partial charge in [0.05, 0.1) is 0 Å². The SMILES string of the molecule is CCCCCCCCC(NCCC)C(C)(C)NCCC. The van der Waals surface area contributed by atoms with E-state index in [0.29, 0.717) is 6.04 Å². The molecule has 0 bridgehead atoms. The van der Waals surface area contributed by atoms with Crippen LogP contribution in [0.4, 0.5) is 0 Å². The summed E-state index contributed by atoms with van der Waals surface area (Å²) in [6.07, 6.45) is 12.1. The minimum atomic E-state index is 0.203. The largest absolute Gasteiger partial charge is 0.312 e. The first kappa shape index (κ1) is 19.9. The van der Waals surface area contributed by atoms with Crippen LogP contribution in [0.5, 0.6) is 0 Å². The zero-order valence-corrected chi connectivity index (χ0v) is 14.9. The van der Waals surface area contributed by atoms with E-state index >= 15 is 0 Å². The molecule has 0 saturated heterocycles. The topological polar surface area (TPSA) is 24.1 Å². The van der Waals surface area contributed by atoms with Crippen molar-refractivity contribution in [3.63, 3.8) is 0 Å². The van der Waals surface area contributed by atoms with Crippen LogP contribution in [0.3, 0.4) is 0 Å². The molecular formula is C18H40N2. The van der Waals surface area contributed by atoms with Gasteiger partial charge in [-0.1, -0.05) is 59.3 Å². The lowest BCUT2D eigenvalue weighted by molar-refractivity contribution is 0.258. The van der Waals surface area contributed by atoms with Crippen molar-refractivity contribution in [2.45, 2.75) is 104 Å². The van der Waals surface area contributed by atoms with E-state index in [0.717, 1.165) is 13.1 Å². The summed E-state index contributed by atoms with van der Waals surface area (Å²) in [5.41, 5.74) is 0.203.